The third kappa shape index (κ3) is 10.3. The van der Waals surface area contributed by atoms with E-state index in [0.717, 1.165) is 38.5 Å². The van der Waals surface area contributed by atoms with E-state index in [1.165, 1.54) is 0 Å². The monoisotopic (exact) mass is 428 g/mol. The molecule has 2 amide bonds. The molecule has 0 spiro atoms. The molecule has 2 unspecified atom stereocenters. The standard InChI is InChI=1S/C11H21NO3.C11H19NO3/c2*1-11(2,3)15-10(14)12-6-4-5-9(7-12)8-13/h9,13H,4-8H2,1-3H3;8-9H,4-7H2,1-3H3. The molecule has 2 aliphatic rings. The fourth-order valence-electron chi connectivity index (χ4n) is 3.32. The van der Waals surface area contributed by atoms with Crippen molar-refractivity contribution in [2.24, 2.45) is 11.8 Å². The van der Waals surface area contributed by atoms with Gasteiger partial charge in [-0.3, -0.25) is 0 Å². The van der Waals surface area contributed by atoms with E-state index < -0.39 is 11.2 Å². The molecule has 0 bridgehead atoms. The lowest BCUT2D eigenvalue weighted by atomic mass is 9.99. The highest BCUT2D eigenvalue weighted by atomic mass is 16.6. The van der Waals surface area contributed by atoms with Gasteiger partial charge >= 0.3 is 12.2 Å². The zero-order valence-corrected chi connectivity index (χ0v) is 19.5. The van der Waals surface area contributed by atoms with Crippen LogP contribution in [0.15, 0.2) is 0 Å². The summed E-state index contributed by atoms with van der Waals surface area (Å²) in [6, 6.07) is 0. The second-order valence-electron chi connectivity index (χ2n) is 10.1. The summed E-state index contributed by atoms with van der Waals surface area (Å²) in [6.07, 6.45) is 4.05. The fraction of sp³-hybridized carbons (Fsp3) is 0.864. The van der Waals surface area contributed by atoms with Crippen molar-refractivity contribution in [2.45, 2.75) is 78.4 Å². The van der Waals surface area contributed by atoms with E-state index in [2.05, 4.69) is 0 Å². The summed E-state index contributed by atoms with van der Waals surface area (Å²) < 4.78 is 10.5. The normalized spacial score (nSPS) is 22.5. The van der Waals surface area contributed by atoms with Crippen LogP contribution in [0.5, 0.6) is 0 Å². The predicted molar refractivity (Wildman–Crippen MR) is 114 cm³/mol. The lowest BCUT2D eigenvalue weighted by Gasteiger charge is -2.33. The molecular weight excluding hydrogens is 388 g/mol. The first-order valence-corrected chi connectivity index (χ1v) is 10.9. The molecule has 2 heterocycles. The molecule has 2 atom stereocenters. The Labute approximate surface area is 180 Å². The van der Waals surface area contributed by atoms with Gasteiger partial charge in [0.15, 0.2) is 0 Å². The molecule has 8 nitrogen and oxygen atoms in total. The summed E-state index contributed by atoms with van der Waals surface area (Å²) in [5.41, 5.74) is -0.908. The number of amides is 2. The van der Waals surface area contributed by atoms with E-state index in [-0.39, 0.29) is 30.6 Å². The van der Waals surface area contributed by atoms with Crippen LogP contribution in [-0.4, -0.2) is 77.4 Å². The highest BCUT2D eigenvalue weighted by Gasteiger charge is 2.28. The third-order valence-corrected chi connectivity index (χ3v) is 4.73. The molecule has 1 N–H and O–H groups in total. The molecule has 0 aliphatic carbocycles. The van der Waals surface area contributed by atoms with Crippen molar-refractivity contribution in [3.8, 4) is 0 Å². The van der Waals surface area contributed by atoms with Gasteiger partial charge in [0.05, 0.1) is 0 Å². The number of carbonyl (C=O) groups is 3. The van der Waals surface area contributed by atoms with Crippen molar-refractivity contribution in [2.75, 3.05) is 32.8 Å². The van der Waals surface area contributed by atoms with E-state index >= 15 is 0 Å². The summed E-state index contributed by atoms with van der Waals surface area (Å²) >= 11 is 0. The fourth-order valence-corrected chi connectivity index (χ4v) is 3.32. The molecule has 0 aromatic rings. The number of aldehydes is 1. The van der Waals surface area contributed by atoms with Crippen LogP contribution in [0.4, 0.5) is 9.59 Å². The molecule has 0 aromatic heterocycles. The van der Waals surface area contributed by atoms with Gasteiger partial charge in [0.25, 0.3) is 0 Å². The molecule has 2 fully saturated rings. The minimum absolute atomic E-state index is 0.0220. The number of ether oxygens (including phenoxy) is 2. The van der Waals surface area contributed by atoms with Crippen LogP contribution in [-0.2, 0) is 14.3 Å². The molecule has 0 radical (unpaired) electrons. The zero-order valence-electron chi connectivity index (χ0n) is 19.5. The molecular formula is C22H40N2O6. The van der Waals surface area contributed by atoms with E-state index in [9.17, 15) is 14.4 Å². The van der Waals surface area contributed by atoms with Gasteiger partial charge in [0, 0.05) is 38.7 Å². The first-order valence-electron chi connectivity index (χ1n) is 10.9. The Hall–Kier alpha value is -1.83. The van der Waals surface area contributed by atoms with Gasteiger partial charge in [0.2, 0.25) is 0 Å². The average molecular weight is 429 g/mol. The van der Waals surface area contributed by atoms with Crippen LogP contribution in [0.3, 0.4) is 0 Å². The second kappa shape index (κ2) is 11.5. The Morgan fingerprint density at radius 2 is 1.37 bits per heavy atom. The quantitative estimate of drug-likeness (QED) is 0.677. The number of piperidine rings is 2. The largest absolute Gasteiger partial charge is 0.444 e. The summed E-state index contributed by atoms with van der Waals surface area (Å²) in [6.45, 7) is 13.8. The maximum atomic E-state index is 11.7. The first-order chi connectivity index (χ1) is 13.8. The Balaban J connectivity index is 0.000000300. The maximum absolute atomic E-state index is 11.7. The molecule has 174 valence electrons. The van der Waals surface area contributed by atoms with Crippen LogP contribution in [0, 0.1) is 11.8 Å². The molecule has 2 rings (SSSR count). The van der Waals surface area contributed by atoms with Gasteiger partial charge in [-0.2, -0.15) is 0 Å². The molecule has 0 aromatic carbocycles. The lowest BCUT2D eigenvalue weighted by Crippen LogP contribution is -2.43. The number of nitrogens with zero attached hydrogens (tertiary/aromatic N) is 2. The van der Waals surface area contributed by atoms with E-state index in [1.54, 1.807) is 9.80 Å². The maximum Gasteiger partial charge on any atom is 0.410 e. The Bertz CT molecular complexity index is 567. The highest BCUT2D eigenvalue weighted by Crippen LogP contribution is 2.19. The van der Waals surface area contributed by atoms with Crippen molar-refractivity contribution in [3.05, 3.63) is 0 Å². The van der Waals surface area contributed by atoms with Crippen LogP contribution in [0.25, 0.3) is 0 Å². The topological polar surface area (TPSA) is 96.4 Å². The van der Waals surface area contributed by atoms with Crippen LogP contribution < -0.4 is 0 Å². The SMILES string of the molecule is CC(C)(C)OC(=O)N1CCCC(C=O)C1.CC(C)(C)OC(=O)N1CCCC(CO)C1. The Morgan fingerprint density at radius 1 is 0.900 bits per heavy atom. The van der Waals surface area contributed by atoms with Crippen molar-refractivity contribution in [1.82, 2.24) is 9.80 Å². The average Bonchev–Trinajstić information content (AvgIpc) is 2.66. The lowest BCUT2D eigenvalue weighted by molar-refractivity contribution is -0.112. The number of aliphatic hydroxyl groups is 1. The van der Waals surface area contributed by atoms with Crippen molar-refractivity contribution < 1.29 is 29.0 Å². The van der Waals surface area contributed by atoms with Gasteiger partial charge < -0.3 is 29.2 Å². The Kier molecular flexibility index (Phi) is 10.1. The minimum Gasteiger partial charge on any atom is -0.444 e. The zero-order chi connectivity index (χ0) is 22.9. The van der Waals surface area contributed by atoms with E-state index in [0.29, 0.717) is 19.6 Å². The van der Waals surface area contributed by atoms with Crippen molar-refractivity contribution in [1.29, 1.82) is 0 Å². The van der Waals surface area contributed by atoms with Crippen molar-refractivity contribution >= 4 is 18.5 Å². The third-order valence-electron chi connectivity index (χ3n) is 4.73. The summed E-state index contributed by atoms with van der Waals surface area (Å²) in [7, 11) is 0. The molecule has 0 saturated carbocycles. The summed E-state index contributed by atoms with van der Waals surface area (Å²) in [4.78, 5) is 37.3. The number of carbonyl (C=O) groups excluding carboxylic acids is 3. The molecule has 30 heavy (non-hydrogen) atoms. The molecule has 2 aliphatic heterocycles. The van der Waals surface area contributed by atoms with E-state index in [4.69, 9.17) is 14.6 Å². The Morgan fingerprint density at radius 3 is 1.80 bits per heavy atom. The van der Waals surface area contributed by atoms with Gasteiger partial charge in [0.1, 0.15) is 17.5 Å². The number of likely N-dealkylation sites (tertiary alicyclic amines) is 2. The van der Waals surface area contributed by atoms with Gasteiger partial charge in [-0.05, 0) is 73.1 Å². The minimum atomic E-state index is -0.467. The first kappa shape index (κ1) is 26.2. The summed E-state index contributed by atoms with van der Waals surface area (Å²) in [5.74, 6) is 0.192. The highest BCUT2D eigenvalue weighted by molar-refractivity contribution is 5.69. The van der Waals surface area contributed by atoms with Gasteiger partial charge in [-0.25, -0.2) is 9.59 Å². The smallest absolute Gasteiger partial charge is 0.410 e. The summed E-state index contributed by atoms with van der Waals surface area (Å²) in [5, 5.41) is 9.04. The number of aliphatic hydroxyl groups excluding tert-OH is 1. The van der Waals surface area contributed by atoms with Crippen LogP contribution >= 0.6 is 0 Å². The number of rotatable bonds is 2. The van der Waals surface area contributed by atoms with Crippen LogP contribution in [0.2, 0.25) is 0 Å². The number of hydrogen-bond donors (Lipinski definition) is 1. The molecule has 2 saturated heterocycles. The predicted octanol–water partition coefficient (Wildman–Crippen LogP) is 3.46. The second-order valence-corrected chi connectivity index (χ2v) is 10.1. The van der Waals surface area contributed by atoms with Crippen molar-refractivity contribution in [3.63, 3.8) is 0 Å². The van der Waals surface area contributed by atoms with E-state index in [1.807, 2.05) is 41.5 Å². The molecule has 8 heteroatoms. The van der Waals surface area contributed by atoms with Gasteiger partial charge in [-0.15, -0.1) is 0 Å². The number of hydrogen-bond acceptors (Lipinski definition) is 6. The van der Waals surface area contributed by atoms with Gasteiger partial charge in [-0.1, -0.05) is 0 Å². The van der Waals surface area contributed by atoms with Crippen LogP contribution in [0.1, 0.15) is 67.2 Å².